The number of aryl methyl sites for hydroxylation is 3. The van der Waals surface area contributed by atoms with Gasteiger partial charge < -0.3 is 10.1 Å². The van der Waals surface area contributed by atoms with E-state index in [-0.39, 0.29) is 24.2 Å². The molecule has 0 saturated heterocycles. The van der Waals surface area contributed by atoms with Crippen molar-refractivity contribution in [3.63, 3.8) is 0 Å². The first kappa shape index (κ1) is 16.8. The van der Waals surface area contributed by atoms with Gasteiger partial charge in [-0.2, -0.15) is 0 Å². The van der Waals surface area contributed by atoms with Crippen molar-refractivity contribution in [1.29, 1.82) is 0 Å². The van der Waals surface area contributed by atoms with Gasteiger partial charge in [0, 0.05) is 12.1 Å². The number of hydrogen-bond acceptors (Lipinski definition) is 3. The zero-order chi connectivity index (χ0) is 18.3. The molecular weight excluding hydrogens is 326 g/mol. The van der Waals surface area contributed by atoms with Crippen molar-refractivity contribution in [2.24, 2.45) is 0 Å². The number of benzene rings is 2. The molecule has 0 aromatic heterocycles. The van der Waals surface area contributed by atoms with Crippen LogP contribution in [0.15, 0.2) is 30.3 Å². The molecule has 1 N–H and O–H groups in total. The molecule has 0 radical (unpaired) electrons. The van der Waals surface area contributed by atoms with E-state index in [0.717, 1.165) is 29.7 Å². The Kier molecular flexibility index (Phi) is 4.27. The average molecular weight is 349 g/mol. The Hall–Kier alpha value is -2.62. The predicted octanol–water partition coefficient (Wildman–Crippen LogP) is 4.19. The topological polar surface area (TPSA) is 55.4 Å². The zero-order valence-electron chi connectivity index (χ0n) is 15.2. The third kappa shape index (κ3) is 3.00. The van der Waals surface area contributed by atoms with E-state index in [0.29, 0.717) is 17.7 Å². The molecule has 4 rings (SSSR count). The van der Waals surface area contributed by atoms with Crippen LogP contribution in [0.2, 0.25) is 0 Å². The van der Waals surface area contributed by atoms with Gasteiger partial charge in [0.15, 0.2) is 12.4 Å². The molecule has 26 heavy (non-hydrogen) atoms. The van der Waals surface area contributed by atoms with E-state index >= 15 is 0 Å². The number of Topliss-reactive ketones (excluding diaryl/α,β-unsaturated/α-hetero) is 1. The fourth-order valence-corrected chi connectivity index (χ4v) is 4.22. The first-order valence-electron chi connectivity index (χ1n) is 9.24. The third-order valence-corrected chi connectivity index (χ3v) is 5.43. The number of rotatable bonds is 4. The zero-order valence-corrected chi connectivity index (χ0v) is 15.2. The lowest BCUT2D eigenvalue weighted by molar-refractivity contribution is -0.118. The summed E-state index contributed by atoms with van der Waals surface area (Å²) in [6.07, 6.45) is 3.89. The Labute approximate surface area is 153 Å². The lowest BCUT2D eigenvalue weighted by atomic mass is 9.97. The van der Waals surface area contributed by atoms with Crippen LogP contribution in [-0.2, 0) is 17.6 Å². The van der Waals surface area contributed by atoms with Gasteiger partial charge in [-0.1, -0.05) is 19.1 Å². The molecule has 1 amide bonds. The van der Waals surface area contributed by atoms with Gasteiger partial charge in [-0.3, -0.25) is 9.59 Å². The van der Waals surface area contributed by atoms with Gasteiger partial charge in [0.1, 0.15) is 5.75 Å². The van der Waals surface area contributed by atoms with Gasteiger partial charge in [0.05, 0.1) is 5.56 Å². The molecule has 2 aromatic carbocycles. The maximum atomic E-state index is 12.3. The molecule has 4 heteroatoms. The molecule has 0 fully saturated rings. The van der Waals surface area contributed by atoms with Crippen LogP contribution < -0.4 is 10.1 Å². The quantitative estimate of drug-likeness (QED) is 0.900. The van der Waals surface area contributed by atoms with Gasteiger partial charge in [-0.15, -0.1) is 0 Å². The second-order valence-electron chi connectivity index (χ2n) is 7.37. The lowest BCUT2D eigenvalue weighted by Gasteiger charge is -2.13. The molecule has 2 aliphatic carbocycles. The van der Waals surface area contributed by atoms with Crippen LogP contribution in [0.4, 0.5) is 5.69 Å². The fraction of sp³-hybridized carbons (Fsp3) is 0.364. The molecule has 0 spiro atoms. The summed E-state index contributed by atoms with van der Waals surface area (Å²) < 4.78 is 5.72. The van der Waals surface area contributed by atoms with Crippen LogP contribution in [0.5, 0.6) is 5.75 Å². The van der Waals surface area contributed by atoms with E-state index in [2.05, 4.69) is 24.4 Å². The van der Waals surface area contributed by atoms with Crippen molar-refractivity contribution in [1.82, 2.24) is 0 Å². The average Bonchev–Trinajstić information content (AvgIpc) is 3.19. The van der Waals surface area contributed by atoms with E-state index in [1.54, 1.807) is 6.07 Å². The number of carbonyl (C=O) groups is 2. The molecule has 134 valence electrons. The first-order valence-corrected chi connectivity index (χ1v) is 9.24. The Morgan fingerprint density at radius 1 is 1.19 bits per heavy atom. The molecule has 2 aliphatic rings. The minimum Gasteiger partial charge on any atom is -0.483 e. The van der Waals surface area contributed by atoms with Gasteiger partial charge in [0.2, 0.25) is 0 Å². The number of anilines is 1. The summed E-state index contributed by atoms with van der Waals surface area (Å²) in [5, 5.41) is 2.89. The third-order valence-electron chi connectivity index (χ3n) is 5.43. The van der Waals surface area contributed by atoms with Gasteiger partial charge in [-0.05, 0) is 72.6 Å². The van der Waals surface area contributed by atoms with E-state index in [9.17, 15) is 9.59 Å². The Balaban J connectivity index is 1.45. The number of fused-ring (bicyclic) bond motifs is 2. The van der Waals surface area contributed by atoms with Gasteiger partial charge in [0.25, 0.3) is 5.91 Å². The lowest BCUT2D eigenvalue weighted by Crippen LogP contribution is -2.21. The minimum atomic E-state index is -0.212. The smallest absolute Gasteiger partial charge is 0.262 e. The number of nitrogens with one attached hydrogen (secondary N) is 1. The molecule has 1 atom stereocenters. The molecule has 2 aromatic rings. The van der Waals surface area contributed by atoms with Crippen molar-refractivity contribution in [2.75, 3.05) is 11.9 Å². The number of hydrogen-bond donors (Lipinski definition) is 1. The van der Waals surface area contributed by atoms with E-state index in [1.165, 1.54) is 17.5 Å². The number of ether oxygens (including phenoxy) is 1. The molecule has 0 aliphatic heterocycles. The van der Waals surface area contributed by atoms with Crippen molar-refractivity contribution in [3.8, 4) is 5.75 Å². The molecule has 0 saturated carbocycles. The summed E-state index contributed by atoms with van der Waals surface area (Å²) in [5.41, 5.74) is 6.32. The monoisotopic (exact) mass is 349 g/mol. The van der Waals surface area contributed by atoms with Crippen LogP contribution in [0, 0.1) is 6.92 Å². The van der Waals surface area contributed by atoms with Crippen molar-refractivity contribution >= 4 is 17.4 Å². The van der Waals surface area contributed by atoms with Crippen molar-refractivity contribution in [2.45, 2.75) is 45.4 Å². The molecule has 1 unspecified atom stereocenters. The minimum absolute atomic E-state index is 0.102. The van der Waals surface area contributed by atoms with E-state index < -0.39 is 0 Å². The van der Waals surface area contributed by atoms with Crippen molar-refractivity contribution in [3.05, 3.63) is 58.1 Å². The summed E-state index contributed by atoms with van der Waals surface area (Å²) >= 11 is 0. The molecule has 0 heterocycles. The first-order chi connectivity index (χ1) is 12.5. The van der Waals surface area contributed by atoms with Gasteiger partial charge in [-0.25, -0.2) is 0 Å². The van der Waals surface area contributed by atoms with Crippen LogP contribution in [-0.4, -0.2) is 18.3 Å². The SMILES string of the molecule is Cc1ccc(OCC(=O)Nc2ccc3c(c2)CCC3)c2c1C(C)CC2=O. The van der Waals surface area contributed by atoms with Crippen LogP contribution >= 0.6 is 0 Å². The van der Waals surface area contributed by atoms with Gasteiger partial charge >= 0.3 is 0 Å². The number of amides is 1. The Morgan fingerprint density at radius 3 is 2.85 bits per heavy atom. The number of ketones is 1. The number of carbonyl (C=O) groups excluding carboxylic acids is 2. The standard InChI is InChI=1S/C22H23NO3/c1-13-6-9-19(22-18(24)10-14(2)21(13)22)26-12-20(25)23-17-8-7-15-4-3-5-16(15)11-17/h6-9,11,14H,3-5,10,12H2,1-2H3,(H,23,25). The largest absolute Gasteiger partial charge is 0.483 e. The highest BCUT2D eigenvalue weighted by Crippen LogP contribution is 2.40. The second kappa shape index (κ2) is 6.60. The summed E-state index contributed by atoms with van der Waals surface area (Å²) in [6.45, 7) is 3.97. The fourth-order valence-electron chi connectivity index (χ4n) is 4.22. The van der Waals surface area contributed by atoms with Crippen LogP contribution in [0.25, 0.3) is 0 Å². The van der Waals surface area contributed by atoms with E-state index in [4.69, 9.17) is 4.74 Å². The Morgan fingerprint density at radius 2 is 2.00 bits per heavy atom. The Bertz CT molecular complexity index is 901. The summed E-state index contributed by atoms with van der Waals surface area (Å²) in [7, 11) is 0. The summed E-state index contributed by atoms with van der Waals surface area (Å²) in [5.74, 6) is 0.617. The summed E-state index contributed by atoms with van der Waals surface area (Å²) in [6, 6.07) is 9.84. The maximum absolute atomic E-state index is 12.3. The highest BCUT2D eigenvalue weighted by molar-refractivity contribution is 6.04. The highest BCUT2D eigenvalue weighted by atomic mass is 16.5. The van der Waals surface area contributed by atoms with Crippen LogP contribution in [0.3, 0.4) is 0 Å². The highest BCUT2D eigenvalue weighted by Gasteiger charge is 2.31. The van der Waals surface area contributed by atoms with Crippen LogP contribution in [0.1, 0.15) is 58.3 Å². The normalized spacial score (nSPS) is 17.8. The summed E-state index contributed by atoms with van der Waals surface area (Å²) in [4.78, 5) is 24.6. The molecule has 0 bridgehead atoms. The second-order valence-corrected chi connectivity index (χ2v) is 7.37. The molecular formula is C22H23NO3. The van der Waals surface area contributed by atoms with E-state index in [1.807, 2.05) is 19.1 Å². The molecule has 4 nitrogen and oxygen atoms in total. The van der Waals surface area contributed by atoms with Crippen molar-refractivity contribution < 1.29 is 14.3 Å². The maximum Gasteiger partial charge on any atom is 0.262 e. The predicted molar refractivity (Wildman–Crippen MR) is 101 cm³/mol.